The number of hydrogen-bond donors (Lipinski definition) is 1. The minimum Gasteiger partial charge on any atom is -0.493 e. The van der Waals surface area contributed by atoms with Crippen LogP contribution in [0.2, 0.25) is 0 Å². The zero-order valence-corrected chi connectivity index (χ0v) is 18.8. The molecule has 0 saturated heterocycles. The number of carbonyl (C=O) groups excluding carboxylic acids is 2. The lowest BCUT2D eigenvalue weighted by Gasteiger charge is -2.36. The average Bonchev–Trinajstić information content (AvgIpc) is 3.31. The normalized spacial score (nSPS) is 20.8. The molecule has 7 heteroatoms. The van der Waals surface area contributed by atoms with Crippen molar-refractivity contribution in [2.45, 2.75) is 31.6 Å². The molecule has 0 amide bonds. The van der Waals surface area contributed by atoms with Crippen LogP contribution in [0.25, 0.3) is 0 Å². The van der Waals surface area contributed by atoms with Gasteiger partial charge >= 0.3 is 5.97 Å². The van der Waals surface area contributed by atoms with E-state index >= 15 is 0 Å². The molecule has 1 aliphatic carbocycles. The van der Waals surface area contributed by atoms with Gasteiger partial charge in [0.1, 0.15) is 0 Å². The van der Waals surface area contributed by atoms with E-state index in [1.54, 1.807) is 31.6 Å². The molecule has 1 aromatic carbocycles. The van der Waals surface area contributed by atoms with Crippen molar-refractivity contribution in [1.82, 2.24) is 5.32 Å². The van der Waals surface area contributed by atoms with E-state index in [2.05, 4.69) is 11.4 Å². The number of allylic oxidation sites excluding steroid dienone is 3. The first kappa shape index (κ1) is 21.2. The molecule has 1 aromatic heterocycles. The summed E-state index contributed by atoms with van der Waals surface area (Å²) >= 11 is 1.66. The molecule has 2 heterocycles. The molecular formula is C24H25NO5S. The van der Waals surface area contributed by atoms with Gasteiger partial charge in [-0.1, -0.05) is 18.2 Å². The summed E-state index contributed by atoms with van der Waals surface area (Å²) in [6.45, 7) is 1.84. The number of ketones is 1. The Hall–Kier alpha value is -3.06. The third-order valence-corrected chi connectivity index (χ3v) is 6.96. The summed E-state index contributed by atoms with van der Waals surface area (Å²) < 4.78 is 16.2. The number of para-hydroxylation sites is 1. The van der Waals surface area contributed by atoms with Crippen molar-refractivity contribution >= 4 is 23.1 Å². The molecule has 0 bridgehead atoms. The van der Waals surface area contributed by atoms with Gasteiger partial charge < -0.3 is 19.5 Å². The number of rotatable bonds is 5. The summed E-state index contributed by atoms with van der Waals surface area (Å²) in [7, 11) is 4.47. The summed E-state index contributed by atoms with van der Waals surface area (Å²) in [5, 5.41) is 5.37. The van der Waals surface area contributed by atoms with E-state index in [4.69, 9.17) is 14.2 Å². The van der Waals surface area contributed by atoms with Crippen LogP contribution >= 0.6 is 11.3 Å². The van der Waals surface area contributed by atoms with Gasteiger partial charge in [-0.25, -0.2) is 4.79 Å². The molecular weight excluding hydrogens is 414 g/mol. The molecule has 2 aliphatic rings. The minimum atomic E-state index is -0.592. The summed E-state index contributed by atoms with van der Waals surface area (Å²) in [6.07, 6.45) is 1.10. The number of esters is 1. The highest BCUT2D eigenvalue weighted by Gasteiger charge is 2.42. The van der Waals surface area contributed by atoms with E-state index < -0.39 is 11.9 Å². The molecule has 1 N–H and O–H groups in total. The van der Waals surface area contributed by atoms with Gasteiger partial charge in [-0.3, -0.25) is 4.79 Å². The summed E-state index contributed by atoms with van der Waals surface area (Å²) in [5.74, 6) is 0.133. The molecule has 2 atom stereocenters. The maximum absolute atomic E-state index is 13.5. The second-order valence-electron chi connectivity index (χ2n) is 7.61. The van der Waals surface area contributed by atoms with E-state index in [-0.39, 0.29) is 11.7 Å². The third-order valence-electron chi connectivity index (χ3n) is 5.92. The first-order chi connectivity index (χ1) is 15.0. The van der Waals surface area contributed by atoms with E-state index in [9.17, 15) is 9.59 Å². The van der Waals surface area contributed by atoms with Gasteiger partial charge in [0.2, 0.25) is 0 Å². The quantitative estimate of drug-likeness (QED) is 0.701. The summed E-state index contributed by atoms with van der Waals surface area (Å²) in [4.78, 5) is 27.5. The standard InChI is InChI=1S/C24H25NO5S/c1-13-20(24(27)30-4)21(15-7-5-8-18(28-2)23(15)29-3)22-16(25-13)11-14(12-17(22)26)19-9-6-10-31-19/h5-10,14,21,25H,11-12H2,1-4H3/t14-,21-/m0/s1. The van der Waals surface area contributed by atoms with Crippen LogP contribution in [0.1, 0.15) is 42.0 Å². The highest BCUT2D eigenvalue weighted by atomic mass is 32.1. The van der Waals surface area contributed by atoms with E-state index in [0.717, 1.165) is 5.70 Å². The number of hydrogen-bond acceptors (Lipinski definition) is 7. The number of dihydropyridines is 1. The Balaban J connectivity index is 1.89. The molecule has 0 saturated carbocycles. The van der Waals surface area contributed by atoms with Gasteiger partial charge in [0.25, 0.3) is 0 Å². The zero-order valence-electron chi connectivity index (χ0n) is 18.0. The Labute approximate surface area is 185 Å². The van der Waals surface area contributed by atoms with Gasteiger partial charge in [-0.2, -0.15) is 0 Å². The van der Waals surface area contributed by atoms with E-state index in [1.165, 1.54) is 12.0 Å². The van der Waals surface area contributed by atoms with Gasteiger partial charge in [-0.15, -0.1) is 11.3 Å². The van der Waals surface area contributed by atoms with Crippen molar-refractivity contribution in [1.29, 1.82) is 0 Å². The van der Waals surface area contributed by atoms with Crippen molar-refractivity contribution in [3.05, 3.63) is 68.7 Å². The van der Waals surface area contributed by atoms with Crippen molar-refractivity contribution in [2.24, 2.45) is 0 Å². The third kappa shape index (κ3) is 3.63. The first-order valence-electron chi connectivity index (χ1n) is 10.1. The largest absolute Gasteiger partial charge is 0.493 e. The molecule has 4 rings (SSSR count). The van der Waals surface area contributed by atoms with Crippen molar-refractivity contribution in [3.8, 4) is 11.5 Å². The Kier molecular flexibility index (Phi) is 5.87. The molecule has 162 valence electrons. The fourth-order valence-electron chi connectivity index (χ4n) is 4.59. The lowest BCUT2D eigenvalue weighted by Crippen LogP contribution is -2.36. The van der Waals surface area contributed by atoms with Crippen LogP contribution in [0.3, 0.4) is 0 Å². The van der Waals surface area contributed by atoms with Gasteiger partial charge in [-0.05, 0) is 30.9 Å². The Morgan fingerprint density at radius 2 is 1.90 bits per heavy atom. The molecule has 1 aliphatic heterocycles. The molecule has 0 fully saturated rings. The Morgan fingerprint density at radius 3 is 2.55 bits per heavy atom. The second kappa shape index (κ2) is 8.59. The average molecular weight is 440 g/mol. The number of methoxy groups -OCH3 is 3. The first-order valence-corrected chi connectivity index (χ1v) is 10.9. The monoisotopic (exact) mass is 439 g/mol. The van der Waals surface area contributed by atoms with Crippen LogP contribution in [0.15, 0.2) is 58.3 Å². The summed E-state index contributed by atoms with van der Waals surface area (Å²) in [6, 6.07) is 9.58. The van der Waals surface area contributed by atoms with Crippen molar-refractivity contribution < 1.29 is 23.8 Å². The maximum Gasteiger partial charge on any atom is 0.336 e. The van der Waals surface area contributed by atoms with Gasteiger partial charge in [0, 0.05) is 39.7 Å². The SMILES string of the molecule is COC(=O)C1=C(C)NC2=C(C(=O)C[C@@H](c3cccs3)C2)[C@H]1c1cccc(OC)c1OC. The fraction of sp³-hybridized carbons (Fsp3) is 0.333. The van der Waals surface area contributed by atoms with Gasteiger partial charge in [0.05, 0.1) is 32.8 Å². The number of thiophene rings is 1. The predicted molar refractivity (Wildman–Crippen MR) is 118 cm³/mol. The zero-order chi connectivity index (χ0) is 22.1. The summed E-state index contributed by atoms with van der Waals surface area (Å²) in [5.41, 5.74) is 3.26. The molecule has 6 nitrogen and oxygen atoms in total. The molecule has 0 unspecified atom stereocenters. The fourth-order valence-corrected chi connectivity index (χ4v) is 5.43. The number of ether oxygens (including phenoxy) is 3. The molecule has 2 aromatic rings. The number of Topliss-reactive ketones (excluding diaryl/α,β-unsaturated/α-hetero) is 1. The number of nitrogens with one attached hydrogen (secondary N) is 1. The molecule has 0 radical (unpaired) electrons. The Bertz CT molecular complexity index is 1080. The second-order valence-corrected chi connectivity index (χ2v) is 8.59. The predicted octanol–water partition coefficient (Wildman–Crippen LogP) is 4.30. The lowest BCUT2D eigenvalue weighted by atomic mass is 9.72. The van der Waals surface area contributed by atoms with Crippen LogP contribution in [0, 0.1) is 0 Å². The maximum atomic E-state index is 13.5. The van der Waals surface area contributed by atoms with E-state index in [0.29, 0.717) is 46.7 Å². The highest BCUT2D eigenvalue weighted by molar-refractivity contribution is 7.10. The van der Waals surface area contributed by atoms with Crippen LogP contribution in [-0.4, -0.2) is 33.1 Å². The topological polar surface area (TPSA) is 73.9 Å². The minimum absolute atomic E-state index is 0.0240. The number of carbonyl (C=O) groups is 2. The lowest BCUT2D eigenvalue weighted by molar-refractivity contribution is -0.136. The van der Waals surface area contributed by atoms with Gasteiger partial charge in [0.15, 0.2) is 17.3 Å². The van der Waals surface area contributed by atoms with E-state index in [1.807, 2.05) is 30.5 Å². The molecule has 0 spiro atoms. The van der Waals surface area contributed by atoms with Crippen molar-refractivity contribution in [3.63, 3.8) is 0 Å². The van der Waals surface area contributed by atoms with Crippen LogP contribution in [0.5, 0.6) is 11.5 Å². The van der Waals surface area contributed by atoms with Crippen LogP contribution in [-0.2, 0) is 14.3 Å². The Morgan fingerprint density at radius 1 is 1.10 bits per heavy atom. The van der Waals surface area contributed by atoms with Crippen LogP contribution in [0.4, 0.5) is 0 Å². The smallest absolute Gasteiger partial charge is 0.336 e. The van der Waals surface area contributed by atoms with Crippen molar-refractivity contribution in [2.75, 3.05) is 21.3 Å². The number of benzene rings is 1. The molecule has 31 heavy (non-hydrogen) atoms. The highest BCUT2D eigenvalue weighted by Crippen LogP contribution is 2.49. The van der Waals surface area contributed by atoms with Crippen LogP contribution < -0.4 is 14.8 Å².